The quantitative estimate of drug-likeness (QED) is 0.801. The third kappa shape index (κ3) is 3.97. The number of fused-ring (bicyclic) bond motifs is 1. The number of hydrogen-bond donors (Lipinski definition) is 1. The molecule has 26 heavy (non-hydrogen) atoms. The van der Waals surface area contributed by atoms with Gasteiger partial charge in [-0.2, -0.15) is 5.10 Å². The van der Waals surface area contributed by atoms with Crippen molar-refractivity contribution >= 4 is 10.0 Å². The summed E-state index contributed by atoms with van der Waals surface area (Å²) in [5.74, 6) is -0.230. The van der Waals surface area contributed by atoms with Gasteiger partial charge in [0, 0.05) is 32.4 Å². The van der Waals surface area contributed by atoms with Crippen LogP contribution in [-0.4, -0.2) is 41.4 Å². The van der Waals surface area contributed by atoms with Crippen molar-refractivity contribution in [2.24, 2.45) is 0 Å². The van der Waals surface area contributed by atoms with Crippen molar-refractivity contribution in [1.82, 2.24) is 19.4 Å². The van der Waals surface area contributed by atoms with Gasteiger partial charge in [0.2, 0.25) is 10.0 Å². The predicted octanol–water partition coefficient (Wildman–Crippen LogP) is 2.05. The minimum absolute atomic E-state index is 0.121. The fourth-order valence-electron chi connectivity index (χ4n) is 3.51. The number of halogens is 1. The Labute approximate surface area is 153 Å². The van der Waals surface area contributed by atoms with E-state index in [4.69, 9.17) is 0 Å². The van der Waals surface area contributed by atoms with Crippen LogP contribution < -0.4 is 4.72 Å². The molecule has 2 aromatic rings. The van der Waals surface area contributed by atoms with E-state index in [1.165, 1.54) is 12.1 Å². The summed E-state index contributed by atoms with van der Waals surface area (Å²) < 4.78 is 41.8. The summed E-state index contributed by atoms with van der Waals surface area (Å²) in [5.41, 5.74) is 2.18. The van der Waals surface area contributed by atoms with Crippen molar-refractivity contribution in [3.8, 4) is 0 Å². The van der Waals surface area contributed by atoms with Crippen LogP contribution in [0.4, 0.5) is 4.39 Å². The molecule has 1 aromatic carbocycles. The standard InChI is InChI=1S/C18H23FN4O2S/c19-15-3-1-14(2-4-15)11-22-12-16-7-9-20-23(16)17(13-22)8-10-21-26(24,25)18-5-6-18/h1-4,7,9,17-18,21H,5-6,8,10-13H2/t17-/m0/s1. The monoisotopic (exact) mass is 378 g/mol. The van der Waals surface area contributed by atoms with Crippen molar-refractivity contribution in [3.63, 3.8) is 0 Å². The Bertz CT molecular complexity index is 862. The lowest BCUT2D eigenvalue weighted by atomic mass is 10.1. The van der Waals surface area contributed by atoms with Gasteiger partial charge in [0.15, 0.2) is 0 Å². The van der Waals surface area contributed by atoms with Gasteiger partial charge in [-0.3, -0.25) is 9.58 Å². The number of sulfonamides is 1. The molecule has 8 heteroatoms. The predicted molar refractivity (Wildman–Crippen MR) is 96.3 cm³/mol. The fraction of sp³-hybridized carbons (Fsp3) is 0.500. The topological polar surface area (TPSA) is 67.2 Å². The van der Waals surface area contributed by atoms with Crippen molar-refractivity contribution in [3.05, 3.63) is 53.6 Å². The molecule has 1 saturated carbocycles. The van der Waals surface area contributed by atoms with Crippen LogP contribution in [0.1, 0.15) is 36.6 Å². The molecule has 0 bridgehead atoms. The second-order valence-corrected chi connectivity index (χ2v) is 9.19. The highest BCUT2D eigenvalue weighted by Crippen LogP contribution is 2.28. The van der Waals surface area contributed by atoms with E-state index in [1.807, 2.05) is 10.7 Å². The number of benzene rings is 1. The molecule has 2 aliphatic rings. The molecule has 1 N–H and O–H groups in total. The first-order valence-electron chi connectivity index (χ1n) is 8.99. The van der Waals surface area contributed by atoms with Gasteiger partial charge in [0.25, 0.3) is 0 Å². The minimum atomic E-state index is -3.15. The zero-order chi connectivity index (χ0) is 18.1. The van der Waals surface area contributed by atoms with Crippen molar-refractivity contribution in [2.75, 3.05) is 13.1 Å². The molecule has 1 aromatic heterocycles. The average Bonchev–Trinajstić information content (AvgIpc) is 3.37. The third-order valence-corrected chi connectivity index (χ3v) is 6.97. The van der Waals surface area contributed by atoms with Crippen LogP contribution in [0.25, 0.3) is 0 Å². The van der Waals surface area contributed by atoms with Gasteiger partial charge in [0.05, 0.1) is 17.0 Å². The van der Waals surface area contributed by atoms with Gasteiger partial charge in [-0.15, -0.1) is 0 Å². The maximum atomic E-state index is 13.1. The van der Waals surface area contributed by atoms with Crippen LogP contribution in [0.5, 0.6) is 0 Å². The maximum Gasteiger partial charge on any atom is 0.214 e. The van der Waals surface area contributed by atoms with E-state index in [0.717, 1.165) is 43.7 Å². The van der Waals surface area contributed by atoms with Crippen molar-refractivity contribution in [2.45, 2.75) is 43.6 Å². The second-order valence-electron chi connectivity index (χ2n) is 7.14. The molecule has 0 spiro atoms. The van der Waals surface area contributed by atoms with Crippen LogP contribution in [0.3, 0.4) is 0 Å². The maximum absolute atomic E-state index is 13.1. The highest BCUT2D eigenvalue weighted by molar-refractivity contribution is 7.90. The summed E-state index contributed by atoms with van der Waals surface area (Å²) in [6.07, 6.45) is 4.03. The van der Waals surface area contributed by atoms with Crippen LogP contribution >= 0.6 is 0 Å². The number of nitrogens with zero attached hydrogens (tertiary/aromatic N) is 3. The largest absolute Gasteiger partial charge is 0.291 e. The summed E-state index contributed by atoms with van der Waals surface area (Å²) in [6, 6.07) is 8.69. The molecular weight excluding hydrogens is 355 g/mol. The van der Waals surface area contributed by atoms with E-state index in [9.17, 15) is 12.8 Å². The Morgan fingerprint density at radius 1 is 1.19 bits per heavy atom. The van der Waals surface area contributed by atoms with Gasteiger partial charge in [-0.1, -0.05) is 12.1 Å². The molecule has 0 saturated heterocycles. The fourth-order valence-corrected chi connectivity index (χ4v) is 4.91. The molecule has 2 heterocycles. The summed E-state index contributed by atoms with van der Waals surface area (Å²) in [6.45, 7) is 2.72. The molecule has 140 valence electrons. The van der Waals surface area contributed by atoms with E-state index >= 15 is 0 Å². The van der Waals surface area contributed by atoms with Gasteiger partial charge in [-0.05, 0) is 43.0 Å². The molecule has 1 atom stereocenters. The van der Waals surface area contributed by atoms with E-state index in [0.29, 0.717) is 13.0 Å². The molecule has 0 unspecified atom stereocenters. The second kappa shape index (κ2) is 7.09. The Balaban J connectivity index is 1.40. The zero-order valence-corrected chi connectivity index (χ0v) is 15.3. The van der Waals surface area contributed by atoms with E-state index in [1.54, 1.807) is 18.3 Å². The molecular formula is C18H23FN4O2S. The van der Waals surface area contributed by atoms with Gasteiger partial charge in [-0.25, -0.2) is 17.5 Å². The van der Waals surface area contributed by atoms with E-state index < -0.39 is 10.0 Å². The normalized spacial score (nSPS) is 20.9. The smallest absolute Gasteiger partial charge is 0.214 e. The summed E-state index contributed by atoms with van der Waals surface area (Å²) in [7, 11) is -3.15. The zero-order valence-electron chi connectivity index (χ0n) is 14.5. The van der Waals surface area contributed by atoms with E-state index in [-0.39, 0.29) is 17.1 Å². The lowest BCUT2D eigenvalue weighted by Crippen LogP contribution is -2.39. The van der Waals surface area contributed by atoms with Gasteiger partial charge >= 0.3 is 0 Å². The lowest BCUT2D eigenvalue weighted by Gasteiger charge is -2.34. The highest BCUT2D eigenvalue weighted by atomic mass is 32.2. The number of hydrogen-bond acceptors (Lipinski definition) is 4. The first kappa shape index (κ1) is 17.6. The highest BCUT2D eigenvalue weighted by Gasteiger charge is 2.35. The molecule has 1 aliphatic carbocycles. The van der Waals surface area contributed by atoms with Gasteiger partial charge < -0.3 is 0 Å². The molecule has 0 radical (unpaired) electrons. The van der Waals surface area contributed by atoms with Gasteiger partial charge in [0.1, 0.15) is 5.82 Å². The Kier molecular flexibility index (Phi) is 4.81. The lowest BCUT2D eigenvalue weighted by molar-refractivity contribution is 0.162. The molecule has 4 rings (SSSR count). The van der Waals surface area contributed by atoms with Crippen LogP contribution in [0, 0.1) is 5.82 Å². The SMILES string of the molecule is O=S(=O)(NCC[C@H]1CN(Cc2ccc(F)cc2)Cc2ccnn21)C1CC1. The third-order valence-electron chi connectivity index (χ3n) is 5.02. The summed E-state index contributed by atoms with van der Waals surface area (Å²) in [4.78, 5) is 2.30. The number of aromatic nitrogens is 2. The molecule has 6 nitrogen and oxygen atoms in total. The van der Waals surface area contributed by atoms with Crippen LogP contribution in [0.15, 0.2) is 36.5 Å². The first-order valence-corrected chi connectivity index (χ1v) is 10.5. The van der Waals surface area contributed by atoms with Crippen LogP contribution in [0.2, 0.25) is 0 Å². The van der Waals surface area contributed by atoms with E-state index in [2.05, 4.69) is 14.7 Å². The van der Waals surface area contributed by atoms with Crippen LogP contribution in [-0.2, 0) is 23.1 Å². The average molecular weight is 378 g/mol. The Morgan fingerprint density at radius 2 is 1.96 bits per heavy atom. The summed E-state index contributed by atoms with van der Waals surface area (Å²) in [5, 5.41) is 4.23. The van der Waals surface area contributed by atoms with Crippen molar-refractivity contribution < 1.29 is 12.8 Å². The first-order chi connectivity index (χ1) is 12.5. The Hall–Kier alpha value is -1.77. The Morgan fingerprint density at radius 3 is 2.69 bits per heavy atom. The molecule has 0 amide bonds. The number of rotatable bonds is 7. The molecule has 1 fully saturated rings. The minimum Gasteiger partial charge on any atom is -0.291 e. The number of nitrogens with one attached hydrogen (secondary N) is 1. The summed E-state index contributed by atoms with van der Waals surface area (Å²) >= 11 is 0. The van der Waals surface area contributed by atoms with Crippen molar-refractivity contribution in [1.29, 1.82) is 0 Å². The molecule has 1 aliphatic heterocycles.